The van der Waals surface area contributed by atoms with Crippen molar-refractivity contribution in [2.24, 2.45) is 0 Å². The van der Waals surface area contributed by atoms with Gasteiger partial charge in [0.15, 0.2) is 6.61 Å². The highest BCUT2D eigenvalue weighted by atomic mass is 16.5. The molecule has 3 aromatic carbocycles. The molecular weight excluding hydrogens is 344 g/mol. The average Bonchev–Trinajstić information content (AvgIpc) is 3.20. The zero-order chi connectivity index (χ0) is 18.6. The molecule has 6 heteroatoms. The molecule has 0 radical (unpaired) electrons. The number of methoxy groups -OCH3 is 2. The number of nitrogens with zero attached hydrogens (tertiary/aromatic N) is 2. The van der Waals surface area contributed by atoms with Crippen LogP contribution >= 0.6 is 0 Å². The summed E-state index contributed by atoms with van der Waals surface area (Å²) in [5.74, 6) is 3.15. The lowest BCUT2D eigenvalue weighted by molar-refractivity contribution is 0.265. The van der Waals surface area contributed by atoms with Crippen molar-refractivity contribution in [3.63, 3.8) is 0 Å². The van der Waals surface area contributed by atoms with Crippen molar-refractivity contribution in [1.82, 2.24) is 10.2 Å². The Morgan fingerprint density at radius 1 is 0.741 bits per heavy atom. The summed E-state index contributed by atoms with van der Waals surface area (Å²) in [5.41, 5.74) is 0.826. The fourth-order valence-corrected chi connectivity index (χ4v) is 2.73. The maximum absolute atomic E-state index is 5.80. The maximum atomic E-state index is 5.80. The van der Waals surface area contributed by atoms with Crippen LogP contribution < -0.4 is 14.2 Å². The van der Waals surface area contributed by atoms with Crippen LogP contribution in [0.1, 0.15) is 5.89 Å². The van der Waals surface area contributed by atoms with Crippen molar-refractivity contribution >= 4 is 10.8 Å². The zero-order valence-corrected chi connectivity index (χ0v) is 15.0. The van der Waals surface area contributed by atoms with Crippen LogP contribution in [-0.4, -0.2) is 24.4 Å². The molecule has 0 aliphatic rings. The fourth-order valence-electron chi connectivity index (χ4n) is 2.73. The van der Waals surface area contributed by atoms with E-state index in [0.29, 0.717) is 11.8 Å². The highest BCUT2D eigenvalue weighted by Crippen LogP contribution is 2.26. The summed E-state index contributed by atoms with van der Waals surface area (Å²) < 4.78 is 21.9. The molecular formula is C21H18N2O4. The molecule has 1 heterocycles. The van der Waals surface area contributed by atoms with E-state index in [0.717, 1.165) is 33.6 Å². The summed E-state index contributed by atoms with van der Waals surface area (Å²) in [6.45, 7) is 0.193. The smallest absolute Gasteiger partial charge is 0.254 e. The minimum atomic E-state index is 0.193. The molecule has 0 fully saturated rings. The van der Waals surface area contributed by atoms with E-state index in [1.54, 1.807) is 14.2 Å². The van der Waals surface area contributed by atoms with Gasteiger partial charge in [0.25, 0.3) is 5.89 Å². The van der Waals surface area contributed by atoms with Gasteiger partial charge in [-0.2, -0.15) is 0 Å². The lowest BCUT2D eigenvalue weighted by atomic mass is 10.1. The predicted octanol–water partition coefficient (Wildman–Crippen LogP) is 4.49. The van der Waals surface area contributed by atoms with Crippen LogP contribution in [0.2, 0.25) is 0 Å². The van der Waals surface area contributed by atoms with Crippen LogP contribution in [0.25, 0.3) is 22.2 Å². The Morgan fingerprint density at radius 2 is 1.41 bits per heavy atom. The molecule has 0 spiro atoms. The molecule has 0 amide bonds. The molecule has 0 saturated carbocycles. The van der Waals surface area contributed by atoms with Gasteiger partial charge in [-0.15, -0.1) is 10.2 Å². The number of hydrogen-bond donors (Lipinski definition) is 0. The number of aromatic nitrogens is 2. The van der Waals surface area contributed by atoms with Crippen LogP contribution in [0.5, 0.6) is 17.2 Å². The van der Waals surface area contributed by atoms with Gasteiger partial charge in [-0.3, -0.25) is 0 Å². The summed E-state index contributed by atoms with van der Waals surface area (Å²) >= 11 is 0. The molecule has 0 atom stereocenters. The van der Waals surface area contributed by atoms with E-state index < -0.39 is 0 Å². The molecule has 4 rings (SSSR count). The molecule has 0 bridgehead atoms. The Balaban J connectivity index is 1.47. The summed E-state index contributed by atoms with van der Waals surface area (Å²) in [7, 11) is 3.28. The van der Waals surface area contributed by atoms with Crippen LogP contribution in [-0.2, 0) is 6.61 Å². The third-order valence-corrected chi connectivity index (χ3v) is 4.19. The predicted molar refractivity (Wildman–Crippen MR) is 101 cm³/mol. The summed E-state index contributed by atoms with van der Waals surface area (Å²) in [6.07, 6.45) is 0. The van der Waals surface area contributed by atoms with Crippen molar-refractivity contribution in [3.05, 3.63) is 66.6 Å². The number of fused-ring (bicyclic) bond motifs is 1. The second kappa shape index (κ2) is 7.37. The molecule has 136 valence electrons. The molecule has 0 saturated heterocycles. The molecule has 0 unspecified atom stereocenters. The number of benzene rings is 3. The lowest BCUT2D eigenvalue weighted by Gasteiger charge is -2.06. The third kappa shape index (κ3) is 3.69. The number of rotatable bonds is 6. The van der Waals surface area contributed by atoms with Crippen molar-refractivity contribution in [2.45, 2.75) is 6.61 Å². The van der Waals surface area contributed by atoms with Gasteiger partial charge in [0.2, 0.25) is 5.89 Å². The Labute approximate surface area is 156 Å². The third-order valence-electron chi connectivity index (χ3n) is 4.19. The first kappa shape index (κ1) is 16.9. The summed E-state index contributed by atoms with van der Waals surface area (Å²) in [4.78, 5) is 0. The van der Waals surface area contributed by atoms with Gasteiger partial charge in [-0.05, 0) is 59.3 Å². The molecule has 0 aliphatic heterocycles. The van der Waals surface area contributed by atoms with Crippen LogP contribution in [0.15, 0.2) is 65.1 Å². The second-order valence-electron chi connectivity index (χ2n) is 5.89. The van der Waals surface area contributed by atoms with Crippen molar-refractivity contribution in [2.75, 3.05) is 14.2 Å². The van der Waals surface area contributed by atoms with E-state index in [2.05, 4.69) is 10.2 Å². The highest BCUT2D eigenvalue weighted by molar-refractivity contribution is 5.85. The van der Waals surface area contributed by atoms with E-state index in [1.165, 1.54) is 0 Å². The highest BCUT2D eigenvalue weighted by Gasteiger charge is 2.10. The normalized spacial score (nSPS) is 10.7. The molecule has 0 aliphatic carbocycles. The van der Waals surface area contributed by atoms with Gasteiger partial charge in [-0.1, -0.05) is 12.1 Å². The zero-order valence-electron chi connectivity index (χ0n) is 15.0. The number of hydrogen-bond acceptors (Lipinski definition) is 6. The van der Waals surface area contributed by atoms with Crippen molar-refractivity contribution < 1.29 is 18.6 Å². The van der Waals surface area contributed by atoms with Gasteiger partial charge in [0, 0.05) is 5.56 Å². The topological polar surface area (TPSA) is 66.6 Å². The maximum Gasteiger partial charge on any atom is 0.254 e. The standard InChI is InChI=1S/C21H18N2O4/c1-24-17-7-5-15(6-8-17)21-23-22-20(27-21)13-26-19-10-4-14-3-9-18(25-2)11-16(14)12-19/h3-12H,13H2,1-2H3. The van der Waals surface area contributed by atoms with Gasteiger partial charge in [0.1, 0.15) is 17.2 Å². The Hall–Kier alpha value is -3.54. The first-order valence-corrected chi connectivity index (χ1v) is 8.42. The van der Waals surface area contributed by atoms with Gasteiger partial charge >= 0.3 is 0 Å². The molecule has 6 nitrogen and oxygen atoms in total. The Kier molecular flexibility index (Phi) is 4.61. The number of ether oxygens (including phenoxy) is 3. The molecule has 1 aromatic heterocycles. The van der Waals surface area contributed by atoms with Crippen molar-refractivity contribution in [3.8, 4) is 28.7 Å². The second-order valence-corrected chi connectivity index (χ2v) is 5.89. The van der Waals surface area contributed by atoms with Gasteiger partial charge in [0.05, 0.1) is 14.2 Å². The molecule has 0 N–H and O–H groups in total. The summed E-state index contributed by atoms with van der Waals surface area (Å²) in [5, 5.41) is 10.3. The quantitative estimate of drug-likeness (QED) is 0.504. The van der Waals surface area contributed by atoms with E-state index in [1.807, 2.05) is 60.7 Å². The minimum Gasteiger partial charge on any atom is -0.497 e. The van der Waals surface area contributed by atoms with E-state index in [-0.39, 0.29) is 6.61 Å². The van der Waals surface area contributed by atoms with Crippen LogP contribution in [0.3, 0.4) is 0 Å². The SMILES string of the molecule is COc1ccc(-c2nnc(COc3ccc4ccc(OC)cc4c3)o2)cc1. The largest absolute Gasteiger partial charge is 0.497 e. The fraction of sp³-hybridized carbons (Fsp3) is 0.143. The average molecular weight is 362 g/mol. The first-order chi connectivity index (χ1) is 13.2. The molecule has 27 heavy (non-hydrogen) atoms. The van der Waals surface area contributed by atoms with E-state index >= 15 is 0 Å². The van der Waals surface area contributed by atoms with Crippen LogP contribution in [0, 0.1) is 0 Å². The Morgan fingerprint density at radius 3 is 2.15 bits per heavy atom. The summed E-state index contributed by atoms with van der Waals surface area (Å²) in [6, 6.07) is 19.2. The van der Waals surface area contributed by atoms with Gasteiger partial charge < -0.3 is 18.6 Å². The van der Waals surface area contributed by atoms with Crippen molar-refractivity contribution in [1.29, 1.82) is 0 Å². The lowest BCUT2D eigenvalue weighted by Crippen LogP contribution is -1.95. The minimum absolute atomic E-state index is 0.193. The molecule has 4 aromatic rings. The van der Waals surface area contributed by atoms with E-state index in [4.69, 9.17) is 18.6 Å². The Bertz CT molecular complexity index is 1060. The monoisotopic (exact) mass is 362 g/mol. The van der Waals surface area contributed by atoms with E-state index in [9.17, 15) is 0 Å². The van der Waals surface area contributed by atoms with Crippen LogP contribution in [0.4, 0.5) is 0 Å². The first-order valence-electron chi connectivity index (χ1n) is 8.42. The van der Waals surface area contributed by atoms with Gasteiger partial charge in [-0.25, -0.2) is 0 Å².